The molecule has 0 atom stereocenters. The molecule has 0 saturated carbocycles. The van der Waals surface area contributed by atoms with Crippen LogP contribution in [0.25, 0.3) is 0 Å². The monoisotopic (exact) mass is 279 g/mol. The van der Waals surface area contributed by atoms with Crippen LogP contribution in [0.1, 0.15) is 20.8 Å². The Hall–Kier alpha value is -2.48. The van der Waals surface area contributed by atoms with E-state index in [2.05, 4.69) is 15.5 Å². The van der Waals surface area contributed by atoms with Gasteiger partial charge in [-0.1, -0.05) is 0 Å². The number of carbonyl (C=O) groups is 2. The van der Waals surface area contributed by atoms with Crippen molar-refractivity contribution in [2.24, 2.45) is 0 Å². The zero-order valence-corrected chi connectivity index (χ0v) is 10.6. The highest BCUT2D eigenvalue weighted by Crippen LogP contribution is 2.20. The molecule has 8 heteroatoms. The molecule has 98 valence electrons. The van der Waals surface area contributed by atoms with E-state index >= 15 is 0 Å². The van der Waals surface area contributed by atoms with Gasteiger partial charge in [-0.05, 0) is 12.1 Å². The van der Waals surface area contributed by atoms with E-state index in [4.69, 9.17) is 9.84 Å². The van der Waals surface area contributed by atoms with Crippen molar-refractivity contribution < 1.29 is 19.4 Å². The van der Waals surface area contributed by atoms with Crippen LogP contribution < -0.4 is 10.1 Å². The lowest BCUT2D eigenvalue weighted by Gasteiger charge is -2.01. The van der Waals surface area contributed by atoms with Crippen LogP contribution in [0.5, 0.6) is 5.88 Å². The molecule has 0 aliphatic heterocycles. The summed E-state index contributed by atoms with van der Waals surface area (Å²) in [4.78, 5) is 22.5. The van der Waals surface area contributed by atoms with Gasteiger partial charge in [-0.3, -0.25) is 4.79 Å². The summed E-state index contributed by atoms with van der Waals surface area (Å²) in [7, 11) is 1.45. The molecule has 1 amide bonds. The Bertz CT molecular complexity index is 609. The first-order valence-corrected chi connectivity index (χ1v) is 5.99. The number of aromatic carboxylic acids is 1. The van der Waals surface area contributed by atoms with Crippen molar-refractivity contribution in [3.8, 4) is 5.88 Å². The van der Waals surface area contributed by atoms with Crippen LogP contribution in [0.4, 0.5) is 5.00 Å². The summed E-state index contributed by atoms with van der Waals surface area (Å²) in [5, 5.41) is 20.5. The largest absolute Gasteiger partial charge is 0.480 e. The number of nitrogens with one attached hydrogen (secondary N) is 1. The highest BCUT2D eigenvalue weighted by atomic mass is 32.1. The first-order chi connectivity index (χ1) is 9.10. The Labute approximate surface area is 111 Å². The molecule has 2 N–H and O–H groups in total. The Morgan fingerprint density at radius 3 is 2.68 bits per heavy atom. The first-order valence-electron chi connectivity index (χ1n) is 5.11. The maximum Gasteiger partial charge on any atom is 0.336 e. The van der Waals surface area contributed by atoms with Crippen molar-refractivity contribution in [3.05, 3.63) is 34.8 Å². The van der Waals surface area contributed by atoms with Gasteiger partial charge in [0.15, 0.2) is 5.69 Å². The Balaban J connectivity index is 2.08. The van der Waals surface area contributed by atoms with E-state index in [-0.39, 0.29) is 11.3 Å². The van der Waals surface area contributed by atoms with E-state index < -0.39 is 11.9 Å². The van der Waals surface area contributed by atoms with Gasteiger partial charge in [-0.15, -0.1) is 21.5 Å². The van der Waals surface area contributed by atoms with Crippen LogP contribution in [0.3, 0.4) is 0 Å². The number of carbonyl (C=O) groups excluding carboxylic acids is 1. The molecule has 19 heavy (non-hydrogen) atoms. The molecule has 0 aliphatic carbocycles. The van der Waals surface area contributed by atoms with E-state index in [0.717, 1.165) is 11.3 Å². The Kier molecular flexibility index (Phi) is 3.71. The highest BCUT2D eigenvalue weighted by molar-refractivity contribution is 7.14. The maximum absolute atomic E-state index is 11.8. The number of nitrogens with zero attached hydrogens (tertiary/aromatic N) is 2. The zero-order chi connectivity index (χ0) is 13.8. The van der Waals surface area contributed by atoms with Gasteiger partial charge in [0.05, 0.1) is 17.7 Å². The van der Waals surface area contributed by atoms with Crippen LogP contribution in [0.15, 0.2) is 23.6 Å². The fourth-order valence-corrected chi connectivity index (χ4v) is 2.01. The normalized spacial score (nSPS) is 9.95. The number of carboxylic acids is 1. The number of methoxy groups -OCH3 is 1. The number of thiophene rings is 1. The molecule has 2 aromatic rings. The van der Waals surface area contributed by atoms with Crippen molar-refractivity contribution in [1.82, 2.24) is 10.2 Å². The lowest BCUT2D eigenvalue weighted by atomic mass is 10.3. The van der Waals surface area contributed by atoms with E-state index in [0.29, 0.717) is 10.9 Å². The molecule has 0 unspecified atom stereocenters. The second kappa shape index (κ2) is 5.44. The number of amides is 1. The Morgan fingerprint density at radius 1 is 1.37 bits per heavy atom. The molecular formula is C11H9N3O4S. The number of anilines is 1. The first kappa shape index (κ1) is 13.0. The van der Waals surface area contributed by atoms with Crippen molar-refractivity contribution in [3.63, 3.8) is 0 Å². The summed E-state index contributed by atoms with van der Waals surface area (Å²) in [6.45, 7) is 0. The molecule has 2 aromatic heterocycles. The third kappa shape index (κ3) is 3.05. The van der Waals surface area contributed by atoms with Gasteiger partial charge < -0.3 is 15.2 Å². The second-order valence-corrected chi connectivity index (χ2v) is 4.33. The van der Waals surface area contributed by atoms with Crippen LogP contribution in [-0.4, -0.2) is 34.3 Å². The number of carboxylic acid groups (broad SMARTS) is 1. The summed E-state index contributed by atoms with van der Waals surface area (Å²) in [6, 6.07) is 4.35. The van der Waals surface area contributed by atoms with Gasteiger partial charge in [0.25, 0.3) is 5.91 Å². The number of rotatable bonds is 4. The quantitative estimate of drug-likeness (QED) is 0.879. The number of aromatic nitrogens is 2. The van der Waals surface area contributed by atoms with Gasteiger partial charge in [-0.2, -0.15) is 0 Å². The number of hydrogen-bond donors (Lipinski definition) is 2. The van der Waals surface area contributed by atoms with E-state index in [1.54, 1.807) is 0 Å². The number of ether oxygens (including phenoxy) is 1. The smallest absolute Gasteiger partial charge is 0.336 e. The SMILES string of the molecule is COc1ccc(C(=O)Nc2cc(C(=O)O)cs2)nn1. The molecule has 0 fully saturated rings. The standard InChI is InChI=1S/C11H9N3O4S/c1-18-8-3-2-7(13-14-8)10(15)12-9-4-6(5-19-9)11(16)17/h2-5H,1H3,(H,12,15)(H,16,17). The topological polar surface area (TPSA) is 101 Å². The van der Waals surface area contributed by atoms with Crippen LogP contribution in [0.2, 0.25) is 0 Å². The third-order valence-electron chi connectivity index (χ3n) is 2.16. The predicted molar refractivity (Wildman–Crippen MR) is 67.8 cm³/mol. The average Bonchev–Trinajstić information content (AvgIpc) is 2.87. The van der Waals surface area contributed by atoms with Gasteiger partial charge in [-0.25, -0.2) is 4.79 Å². The van der Waals surface area contributed by atoms with Crippen LogP contribution >= 0.6 is 11.3 Å². The van der Waals surface area contributed by atoms with Crippen molar-refractivity contribution >= 4 is 28.2 Å². The van der Waals surface area contributed by atoms with Gasteiger partial charge in [0.2, 0.25) is 5.88 Å². The van der Waals surface area contributed by atoms with Gasteiger partial charge in [0.1, 0.15) is 0 Å². The lowest BCUT2D eigenvalue weighted by Crippen LogP contribution is -2.13. The summed E-state index contributed by atoms with van der Waals surface area (Å²) in [5.74, 6) is -1.20. The minimum absolute atomic E-state index is 0.117. The van der Waals surface area contributed by atoms with Gasteiger partial charge >= 0.3 is 5.97 Å². The van der Waals surface area contributed by atoms with E-state index in [1.807, 2.05) is 0 Å². The maximum atomic E-state index is 11.8. The molecule has 0 radical (unpaired) electrons. The van der Waals surface area contributed by atoms with Crippen LogP contribution in [-0.2, 0) is 0 Å². The van der Waals surface area contributed by atoms with Crippen molar-refractivity contribution in [1.29, 1.82) is 0 Å². The summed E-state index contributed by atoms with van der Waals surface area (Å²) >= 11 is 1.12. The second-order valence-electron chi connectivity index (χ2n) is 3.42. The summed E-state index contributed by atoms with van der Waals surface area (Å²) in [5.41, 5.74) is 0.243. The third-order valence-corrected chi connectivity index (χ3v) is 3.01. The zero-order valence-electron chi connectivity index (χ0n) is 9.78. The minimum Gasteiger partial charge on any atom is -0.480 e. The molecule has 2 heterocycles. The van der Waals surface area contributed by atoms with E-state index in [9.17, 15) is 9.59 Å². The van der Waals surface area contributed by atoms with Crippen LogP contribution in [0, 0.1) is 0 Å². The average molecular weight is 279 g/mol. The summed E-state index contributed by atoms with van der Waals surface area (Å²) < 4.78 is 4.83. The minimum atomic E-state index is -1.04. The fraction of sp³-hybridized carbons (Fsp3) is 0.0909. The van der Waals surface area contributed by atoms with Gasteiger partial charge in [0, 0.05) is 11.4 Å². The molecule has 0 aromatic carbocycles. The van der Waals surface area contributed by atoms with E-state index in [1.165, 1.54) is 30.7 Å². The predicted octanol–water partition coefficient (Wildman–Crippen LogP) is 1.50. The Morgan fingerprint density at radius 2 is 2.16 bits per heavy atom. The highest BCUT2D eigenvalue weighted by Gasteiger charge is 2.12. The molecular weight excluding hydrogens is 270 g/mol. The fourth-order valence-electron chi connectivity index (χ4n) is 1.24. The number of hydrogen-bond acceptors (Lipinski definition) is 6. The molecule has 0 spiro atoms. The van der Waals surface area contributed by atoms with Crippen molar-refractivity contribution in [2.45, 2.75) is 0 Å². The lowest BCUT2D eigenvalue weighted by molar-refractivity contribution is 0.0697. The molecule has 0 bridgehead atoms. The van der Waals surface area contributed by atoms with Crippen molar-refractivity contribution in [2.75, 3.05) is 12.4 Å². The molecule has 2 rings (SSSR count). The summed E-state index contributed by atoms with van der Waals surface area (Å²) in [6.07, 6.45) is 0. The molecule has 0 aliphatic rings. The molecule has 7 nitrogen and oxygen atoms in total. The molecule has 0 saturated heterocycles.